The summed E-state index contributed by atoms with van der Waals surface area (Å²) in [5.74, 6) is 1.08. The first-order chi connectivity index (χ1) is 12.5. The SMILES string of the molecule is COCCN1CCC([C@H]2COc3c(Cl)cc(C(=O)OC)c(C)c3O2)CC1. The number of halogens is 1. The van der Waals surface area contributed by atoms with Crippen molar-refractivity contribution in [2.75, 3.05) is 47.1 Å². The van der Waals surface area contributed by atoms with Crippen LogP contribution in [0, 0.1) is 12.8 Å². The molecule has 0 unspecified atom stereocenters. The third-order valence-electron chi connectivity index (χ3n) is 5.27. The molecule has 2 aliphatic heterocycles. The first-order valence-corrected chi connectivity index (χ1v) is 9.35. The molecule has 1 aromatic rings. The Morgan fingerprint density at radius 2 is 2.04 bits per heavy atom. The molecule has 3 rings (SSSR count). The number of benzene rings is 1. The van der Waals surface area contributed by atoms with Crippen LogP contribution in [-0.2, 0) is 9.47 Å². The molecule has 2 aliphatic rings. The summed E-state index contributed by atoms with van der Waals surface area (Å²) in [6.07, 6.45) is 2.07. The lowest BCUT2D eigenvalue weighted by Gasteiger charge is -2.38. The van der Waals surface area contributed by atoms with Crippen molar-refractivity contribution in [1.29, 1.82) is 0 Å². The number of likely N-dealkylation sites (tertiary alicyclic amines) is 1. The Balaban J connectivity index is 1.71. The molecule has 0 aliphatic carbocycles. The molecule has 0 aromatic heterocycles. The van der Waals surface area contributed by atoms with Crippen molar-refractivity contribution in [3.8, 4) is 11.5 Å². The Bertz CT molecular complexity index is 658. The van der Waals surface area contributed by atoms with Gasteiger partial charge >= 0.3 is 5.97 Å². The van der Waals surface area contributed by atoms with Gasteiger partial charge in [-0.3, -0.25) is 0 Å². The summed E-state index contributed by atoms with van der Waals surface area (Å²) in [6.45, 7) is 6.10. The average Bonchev–Trinajstić information content (AvgIpc) is 2.68. The maximum absolute atomic E-state index is 12.0. The lowest BCUT2D eigenvalue weighted by Crippen LogP contribution is -2.44. The third-order valence-corrected chi connectivity index (χ3v) is 5.56. The molecular weight excluding hydrogens is 358 g/mol. The molecule has 1 atom stereocenters. The largest absolute Gasteiger partial charge is 0.484 e. The number of carbonyl (C=O) groups excluding carboxylic acids is 1. The van der Waals surface area contributed by atoms with Gasteiger partial charge in [-0.05, 0) is 38.9 Å². The van der Waals surface area contributed by atoms with Gasteiger partial charge in [-0.25, -0.2) is 4.79 Å². The summed E-state index contributed by atoms with van der Waals surface area (Å²) < 4.78 is 22.2. The van der Waals surface area contributed by atoms with Gasteiger partial charge in [0.2, 0.25) is 0 Å². The Morgan fingerprint density at radius 1 is 1.31 bits per heavy atom. The number of ether oxygens (including phenoxy) is 4. The molecule has 1 saturated heterocycles. The van der Waals surface area contributed by atoms with Gasteiger partial charge in [-0.2, -0.15) is 0 Å². The summed E-state index contributed by atoms with van der Waals surface area (Å²) in [5, 5.41) is 0.374. The molecule has 26 heavy (non-hydrogen) atoms. The van der Waals surface area contributed by atoms with E-state index in [0.29, 0.717) is 40.2 Å². The molecule has 0 radical (unpaired) electrons. The molecule has 0 saturated carbocycles. The quantitative estimate of drug-likeness (QED) is 0.729. The lowest BCUT2D eigenvalue weighted by molar-refractivity contribution is 0.0165. The van der Waals surface area contributed by atoms with E-state index in [1.54, 1.807) is 13.2 Å². The lowest BCUT2D eigenvalue weighted by atomic mass is 9.91. The molecule has 0 bridgehead atoms. The predicted octanol–water partition coefficient (Wildman–Crippen LogP) is 2.93. The number of hydrogen-bond acceptors (Lipinski definition) is 6. The highest BCUT2D eigenvalue weighted by atomic mass is 35.5. The number of methoxy groups -OCH3 is 2. The average molecular weight is 384 g/mol. The molecule has 0 amide bonds. The second-order valence-corrected chi connectivity index (χ2v) is 7.23. The number of rotatable bonds is 5. The van der Waals surface area contributed by atoms with Gasteiger partial charge in [0.15, 0.2) is 11.5 Å². The molecule has 6 nitrogen and oxygen atoms in total. The first-order valence-electron chi connectivity index (χ1n) is 8.97. The predicted molar refractivity (Wildman–Crippen MR) is 98.5 cm³/mol. The van der Waals surface area contributed by atoms with Crippen molar-refractivity contribution in [2.45, 2.75) is 25.9 Å². The maximum Gasteiger partial charge on any atom is 0.338 e. The summed E-state index contributed by atoms with van der Waals surface area (Å²) >= 11 is 6.29. The van der Waals surface area contributed by atoms with Crippen LogP contribution in [0.5, 0.6) is 11.5 Å². The van der Waals surface area contributed by atoms with E-state index in [-0.39, 0.29) is 6.10 Å². The summed E-state index contributed by atoms with van der Waals surface area (Å²) in [5.41, 5.74) is 1.12. The van der Waals surface area contributed by atoms with Crippen molar-refractivity contribution in [3.63, 3.8) is 0 Å². The van der Waals surface area contributed by atoms with Gasteiger partial charge < -0.3 is 23.8 Å². The van der Waals surface area contributed by atoms with Crippen LogP contribution >= 0.6 is 11.6 Å². The normalized spacial score (nSPS) is 20.8. The van der Waals surface area contributed by atoms with Crippen molar-refractivity contribution in [2.24, 2.45) is 5.92 Å². The van der Waals surface area contributed by atoms with Gasteiger partial charge in [0.1, 0.15) is 12.7 Å². The zero-order valence-electron chi connectivity index (χ0n) is 15.5. The smallest absolute Gasteiger partial charge is 0.338 e. The molecule has 0 N–H and O–H groups in total. The first kappa shape index (κ1) is 19.3. The van der Waals surface area contributed by atoms with Gasteiger partial charge in [0.25, 0.3) is 0 Å². The van der Waals surface area contributed by atoms with Crippen LogP contribution in [-0.4, -0.2) is 64.0 Å². The van der Waals surface area contributed by atoms with Gasteiger partial charge in [-0.15, -0.1) is 0 Å². The Labute approximate surface area is 159 Å². The van der Waals surface area contributed by atoms with E-state index in [9.17, 15) is 4.79 Å². The minimum absolute atomic E-state index is 0.0326. The minimum Gasteiger partial charge on any atom is -0.484 e. The fourth-order valence-electron chi connectivity index (χ4n) is 3.65. The molecule has 2 heterocycles. The fourth-order valence-corrected chi connectivity index (χ4v) is 3.90. The van der Waals surface area contributed by atoms with E-state index in [1.807, 2.05) is 6.92 Å². The molecule has 144 valence electrons. The van der Waals surface area contributed by atoms with Gasteiger partial charge in [-0.1, -0.05) is 11.6 Å². The van der Waals surface area contributed by atoms with Crippen molar-refractivity contribution < 1.29 is 23.7 Å². The molecule has 0 spiro atoms. The van der Waals surface area contributed by atoms with Crippen LogP contribution in [0.4, 0.5) is 0 Å². The highest BCUT2D eigenvalue weighted by Gasteiger charge is 2.34. The van der Waals surface area contributed by atoms with Crippen LogP contribution < -0.4 is 9.47 Å². The van der Waals surface area contributed by atoms with Gasteiger partial charge in [0, 0.05) is 25.1 Å². The second kappa shape index (κ2) is 8.46. The van der Waals surface area contributed by atoms with Crippen LogP contribution in [0.15, 0.2) is 6.07 Å². The minimum atomic E-state index is -0.427. The van der Waals surface area contributed by atoms with Crippen LogP contribution in [0.25, 0.3) is 0 Å². The van der Waals surface area contributed by atoms with Crippen molar-refractivity contribution >= 4 is 17.6 Å². The summed E-state index contributed by atoms with van der Waals surface area (Å²) in [4.78, 5) is 14.4. The monoisotopic (exact) mass is 383 g/mol. The van der Waals surface area contributed by atoms with E-state index in [4.69, 9.17) is 30.5 Å². The van der Waals surface area contributed by atoms with Crippen LogP contribution in [0.1, 0.15) is 28.8 Å². The number of nitrogens with zero attached hydrogens (tertiary/aromatic N) is 1. The number of fused-ring (bicyclic) bond motifs is 1. The number of piperidine rings is 1. The fraction of sp³-hybridized carbons (Fsp3) is 0.632. The summed E-state index contributed by atoms with van der Waals surface area (Å²) in [6, 6.07) is 1.58. The highest BCUT2D eigenvalue weighted by Crippen LogP contribution is 2.44. The van der Waals surface area contributed by atoms with Crippen molar-refractivity contribution in [3.05, 3.63) is 22.2 Å². The topological polar surface area (TPSA) is 57.2 Å². The number of hydrogen-bond donors (Lipinski definition) is 0. The van der Waals surface area contributed by atoms with Crippen molar-refractivity contribution in [1.82, 2.24) is 4.90 Å². The molecule has 7 heteroatoms. The van der Waals surface area contributed by atoms with Crippen LogP contribution in [0.3, 0.4) is 0 Å². The van der Waals surface area contributed by atoms with E-state index in [1.165, 1.54) is 7.11 Å². The molecular formula is C19H26ClNO5. The summed E-state index contributed by atoms with van der Waals surface area (Å²) in [7, 11) is 3.08. The number of carbonyl (C=O) groups is 1. The van der Waals surface area contributed by atoms with Crippen LogP contribution in [0.2, 0.25) is 5.02 Å². The van der Waals surface area contributed by atoms with Gasteiger partial charge in [0.05, 0.1) is 24.3 Å². The zero-order chi connectivity index (χ0) is 18.7. The maximum atomic E-state index is 12.0. The standard InChI is InChI=1S/C19H26ClNO5/c1-12-14(19(22)24-3)10-15(20)18-17(12)26-16(11-25-18)13-4-6-21(7-5-13)8-9-23-2/h10,13,16H,4-9,11H2,1-3H3/t16-/m1/s1. The Hall–Kier alpha value is -1.50. The molecule has 1 fully saturated rings. The highest BCUT2D eigenvalue weighted by molar-refractivity contribution is 6.32. The Morgan fingerprint density at radius 3 is 2.69 bits per heavy atom. The second-order valence-electron chi connectivity index (χ2n) is 6.82. The van der Waals surface area contributed by atoms with E-state index in [2.05, 4.69) is 4.90 Å². The van der Waals surface area contributed by atoms with E-state index >= 15 is 0 Å². The molecule has 1 aromatic carbocycles. The number of esters is 1. The zero-order valence-corrected chi connectivity index (χ0v) is 16.3. The third kappa shape index (κ3) is 3.92. The van der Waals surface area contributed by atoms with E-state index in [0.717, 1.165) is 39.1 Å². The Kier molecular flexibility index (Phi) is 6.27. The van der Waals surface area contributed by atoms with E-state index < -0.39 is 5.97 Å².